The van der Waals surface area contributed by atoms with Crippen LogP contribution in [-0.4, -0.2) is 32.0 Å². The minimum Gasteiger partial charge on any atom is -0.497 e. The molecule has 9 heteroatoms. The standard InChI is InChI=1S/C27H23ClN2O6/c1-15-6-5-7-16(2)24(15)36-27(33)17-8-10-18(11-9-17)29-23-22(28)25(31)30(26(23)32)20-13-12-19(34-3)14-21(20)35-4/h5-14,29H,1-4H3. The maximum absolute atomic E-state index is 13.1. The molecule has 0 bridgehead atoms. The molecule has 0 saturated carbocycles. The summed E-state index contributed by atoms with van der Waals surface area (Å²) in [6, 6.07) is 16.6. The molecular weight excluding hydrogens is 484 g/mol. The predicted octanol–water partition coefficient (Wildman–Crippen LogP) is 4.98. The van der Waals surface area contributed by atoms with E-state index >= 15 is 0 Å². The van der Waals surface area contributed by atoms with Gasteiger partial charge >= 0.3 is 5.97 Å². The van der Waals surface area contributed by atoms with Crippen molar-refractivity contribution in [2.45, 2.75) is 13.8 Å². The van der Waals surface area contributed by atoms with E-state index in [2.05, 4.69) is 5.32 Å². The maximum atomic E-state index is 13.1. The van der Waals surface area contributed by atoms with Crippen molar-refractivity contribution in [3.63, 3.8) is 0 Å². The number of hydrogen-bond donors (Lipinski definition) is 1. The quantitative estimate of drug-likeness (QED) is 0.274. The second-order valence-electron chi connectivity index (χ2n) is 7.99. The number of esters is 1. The van der Waals surface area contributed by atoms with E-state index < -0.39 is 17.8 Å². The van der Waals surface area contributed by atoms with Crippen molar-refractivity contribution in [3.05, 3.63) is 88.1 Å². The lowest BCUT2D eigenvalue weighted by atomic mass is 10.1. The molecular formula is C27H23ClN2O6. The Morgan fingerprint density at radius 1 is 0.889 bits per heavy atom. The van der Waals surface area contributed by atoms with Gasteiger partial charge in [0.05, 0.1) is 25.5 Å². The van der Waals surface area contributed by atoms with Gasteiger partial charge in [0, 0.05) is 11.8 Å². The summed E-state index contributed by atoms with van der Waals surface area (Å²) in [6.07, 6.45) is 0. The second-order valence-corrected chi connectivity index (χ2v) is 8.36. The molecule has 8 nitrogen and oxygen atoms in total. The van der Waals surface area contributed by atoms with Crippen molar-refractivity contribution < 1.29 is 28.6 Å². The Kier molecular flexibility index (Phi) is 6.98. The molecule has 1 aliphatic rings. The summed E-state index contributed by atoms with van der Waals surface area (Å²) >= 11 is 6.24. The number of amides is 2. The Hall–Kier alpha value is -4.30. The molecule has 0 radical (unpaired) electrons. The van der Waals surface area contributed by atoms with Crippen molar-refractivity contribution in [2.24, 2.45) is 0 Å². The van der Waals surface area contributed by atoms with Gasteiger partial charge in [-0.2, -0.15) is 0 Å². The number of hydrogen-bond acceptors (Lipinski definition) is 7. The topological polar surface area (TPSA) is 94.2 Å². The lowest BCUT2D eigenvalue weighted by molar-refractivity contribution is -0.120. The van der Waals surface area contributed by atoms with E-state index in [0.717, 1.165) is 16.0 Å². The monoisotopic (exact) mass is 506 g/mol. The lowest BCUT2D eigenvalue weighted by Crippen LogP contribution is -2.32. The van der Waals surface area contributed by atoms with Gasteiger partial charge in [-0.25, -0.2) is 9.69 Å². The third kappa shape index (κ3) is 4.63. The molecule has 1 N–H and O–H groups in total. The van der Waals surface area contributed by atoms with Gasteiger partial charge < -0.3 is 19.5 Å². The third-order valence-electron chi connectivity index (χ3n) is 5.65. The van der Waals surface area contributed by atoms with Crippen LogP contribution in [0.2, 0.25) is 0 Å². The molecule has 0 aliphatic carbocycles. The first-order valence-corrected chi connectivity index (χ1v) is 11.3. The molecule has 0 atom stereocenters. The lowest BCUT2D eigenvalue weighted by Gasteiger charge is -2.18. The normalized spacial score (nSPS) is 13.2. The number of aryl methyl sites for hydroxylation is 2. The summed E-state index contributed by atoms with van der Waals surface area (Å²) in [6.45, 7) is 3.73. The number of anilines is 2. The number of carbonyl (C=O) groups excluding carboxylic acids is 3. The van der Waals surface area contributed by atoms with Gasteiger partial charge in [0.25, 0.3) is 11.8 Å². The van der Waals surface area contributed by atoms with Crippen LogP contribution in [0.15, 0.2) is 71.4 Å². The molecule has 1 aliphatic heterocycles. The number of para-hydroxylation sites is 1. The highest BCUT2D eigenvalue weighted by Crippen LogP contribution is 2.37. The second kappa shape index (κ2) is 10.1. The van der Waals surface area contributed by atoms with Gasteiger partial charge in [-0.3, -0.25) is 9.59 Å². The van der Waals surface area contributed by atoms with Crippen molar-refractivity contribution in [1.82, 2.24) is 0 Å². The zero-order chi connectivity index (χ0) is 26.0. The van der Waals surface area contributed by atoms with Crippen molar-refractivity contribution >= 4 is 40.8 Å². The van der Waals surface area contributed by atoms with E-state index in [0.29, 0.717) is 22.7 Å². The number of ether oxygens (including phenoxy) is 3. The van der Waals surface area contributed by atoms with Gasteiger partial charge in [-0.05, 0) is 61.4 Å². The van der Waals surface area contributed by atoms with Crippen LogP contribution in [0, 0.1) is 13.8 Å². The number of carbonyl (C=O) groups is 3. The highest BCUT2D eigenvalue weighted by Gasteiger charge is 2.40. The molecule has 36 heavy (non-hydrogen) atoms. The van der Waals surface area contributed by atoms with Gasteiger partial charge in [-0.15, -0.1) is 0 Å². The molecule has 2 amide bonds. The fraction of sp³-hybridized carbons (Fsp3) is 0.148. The summed E-state index contributed by atoms with van der Waals surface area (Å²) in [7, 11) is 2.92. The molecule has 0 unspecified atom stereocenters. The highest BCUT2D eigenvalue weighted by molar-refractivity contribution is 6.53. The fourth-order valence-corrected chi connectivity index (χ4v) is 3.96. The predicted molar refractivity (Wildman–Crippen MR) is 136 cm³/mol. The Labute approximate surface area is 213 Å². The Morgan fingerprint density at radius 2 is 1.56 bits per heavy atom. The van der Waals surface area contributed by atoms with Crippen LogP contribution in [0.4, 0.5) is 11.4 Å². The molecule has 1 heterocycles. The van der Waals surface area contributed by atoms with Crippen LogP contribution in [0.5, 0.6) is 17.2 Å². The Balaban J connectivity index is 1.52. The first kappa shape index (κ1) is 24.8. The summed E-state index contributed by atoms with van der Waals surface area (Å²) in [5, 5.41) is 2.62. The third-order valence-corrected chi connectivity index (χ3v) is 6.00. The highest BCUT2D eigenvalue weighted by atomic mass is 35.5. The van der Waals surface area contributed by atoms with E-state index in [1.165, 1.54) is 20.3 Å². The SMILES string of the molecule is COc1ccc(N2C(=O)C(Cl)=C(Nc3ccc(C(=O)Oc4c(C)cccc4C)cc3)C2=O)c(OC)c1. The Bertz CT molecular complexity index is 1380. The van der Waals surface area contributed by atoms with Crippen molar-refractivity contribution in [3.8, 4) is 17.2 Å². The van der Waals surface area contributed by atoms with Crippen LogP contribution < -0.4 is 24.4 Å². The first-order valence-electron chi connectivity index (χ1n) is 10.9. The summed E-state index contributed by atoms with van der Waals surface area (Å²) in [5.74, 6) is -0.558. The summed E-state index contributed by atoms with van der Waals surface area (Å²) < 4.78 is 16.1. The fourth-order valence-electron chi connectivity index (χ4n) is 3.75. The van der Waals surface area contributed by atoms with Crippen LogP contribution in [0.3, 0.4) is 0 Å². The van der Waals surface area contributed by atoms with Crippen molar-refractivity contribution in [2.75, 3.05) is 24.4 Å². The number of rotatable bonds is 7. The number of nitrogens with one attached hydrogen (secondary N) is 1. The van der Waals surface area contributed by atoms with Gasteiger partial charge in [-0.1, -0.05) is 29.8 Å². The van der Waals surface area contributed by atoms with E-state index in [-0.39, 0.29) is 22.2 Å². The largest absolute Gasteiger partial charge is 0.497 e. The zero-order valence-electron chi connectivity index (χ0n) is 20.0. The molecule has 3 aromatic carbocycles. The van der Waals surface area contributed by atoms with Crippen LogP contribution >= 0.6 is 11.6 Å². The van der Waals surface area contributed by atoms with E-state index in [1.807, 2.05) is 32.0 Å². The Morgan fingerprint density at radius 3 is 2.17 bits per heavy atom. The van der Waals surface area contributed by atoms with E-state index in [9.17, 15) is 14.4 Å². The number of imide groups is 1. The summed E-state index contributed by atoms with van der Waals surface area (Å²) in [4.78, 5) is 39.5. The van der Waals surface area contributed by atoms with E-state index in [4.69, 9.17) is 25.8 Å². The zero-order valence-corrected chi connectivity index (χ0v) is 20.8. The molecule has 0 saturated heterocycles. The van der Waals surface area contributed by atoms with Gasteiger partial charge in [0.15, 0.2) is 0 Å². The van der Waals surface area contributed by atoms with Crippen LogP contribution in [-0.2, 0) is 9.59 Å². The first-order chi connectivity index (χ1) is 17.2. The molecule has 184 valence electrons. The molecule has 0 spiro atoms. The van der Waals surface area contributed by atoms with E-state index in [1.54, 1.807) is 36.4 Å². The molecule has 0 fully saturated rings. The average molecular weight is 507 g/mol. The van der Waals surface area contributed by atoms with Crippen molar-refractivity contribution in [1.29, 1.82) is 0 Å². The number of benzene rings is 3. The average Bonchev–Trinajstić information content (AvgIpc) is 3.09. The molecule has 4 rings (SSSR count). The summed E-state index contributed by atoms with van der Waals surface area (Å²) in [5.41, 5.74) is 2.62. The smallest absolute Gasteiger partial charge is 0.343 e. The minimum atomic E-state index is -0.693. The molecule has 3 aromatic rings. The number of halogens is 1. The maximum Gasteiger partial charge on any atom is 0.343 e. The minimum absolute atomic E-state index is 0.0922. The van der Waals surface area contributed by atoms with Gasteiger partial charge in [0.1, 0.15) is 28.0 Å². The molecule has 0 aromatic heterocycles. The number of nitrogens with zero attached hydrogens (tertiary/aromatic N) is 1. The van der Waals surface area contributed by atoms with Crippen LogP contribution in [0.1, 0.15) is 21.5 Å². The number of methoxy groups -OCH3 is 2. The van der Waals surface area contributed by atoms with Gasteiger partial charge in [0.2, 0.25) is 0 Å². The van der Waals surface area contributed by atoms with Crippen LogP contribution in [0.25, 0.3) is 0 Å².